The maximum absolute atomic E-state index is 12.7. The van der Waals surface area contributed by atoms with Crippen LogP contribution < -0.4 is 15.4 Å². The number of nitro groups is 1. The highest BCUT2D eigenvalue weighted by atomic mass is 32.2. The van der Waals surface area contributed by atoms with E-state index in [1.54, 1.807) is 36.5 Å². The monoisotopic (exact) mass is 495 g/mol. The number of aromatic nitrogens is 1. The minimum atomic E-state index is -3.50. The highest BCUT2D eigenvalue weighted by molar-refractivity contribution is 7.88. The molecule has 0 spiro atoms. The summed E-state index contributed by atoms with van der Waals surface area (Å²) in [4.78, 5) is 28.0. The number of amides is 1. The topological polar surface area (TPSA) is 143 Å². The number of hydrogen-bond acceptors (Lipinski definition) is 7. The molecule has 11 heteroatoms. The third-order valence-electron chi connectivity index (χ3n) is 4.98. The van der Waals surface area contributed by atoms with Gasteiger partial charge in [0.15, 0.2) is 0 Å². The molecule has 0 saturated heterocycles. The largest absolute Gasteiger partial charge is 0.371 e. The molecule has 10 nitrogen and oxygen atoms in total. The molecule has 0 fully saturated rings. The molecule has 3 N–H and O–H groups in total. The Kier molecular flexibility index (Phi) is 8.29. The van der Waals surface area contributed by atoms with Crippen LogP contribution in [0.3, 0.4) is 0 Å². The molecule has 0 radical (unpaired) electrons. The lowest BCUT2D eigenvalue weighted by atomic mass is 10.1. The van der Waals surface area contributed by atoms with E-state index >= 15 is 0 Å². The van der Waals surface area contributed by atoms with Crippen molar-refractivity contribution in [3.8, 4) is 0 Å². The van der Waals surface area contributed by atoms with Crippen molar-refractivity contribution < 1.29 is 18.1 Å². The van der Waals surface area contributed by atoms with Crippen LogP contribution in [0.4, 0.5) is 17.1 Å². The first-order valence-electron chi connectivity index (χ1n) is 10.6. The summed E-state index contributed by atoms with van der Waals surface area (Å²) < 4.78 is 26.3. The molecule has 2 aromatic carbocycles. The molecular formula is C24H25N5O5S. The quantitative estimate of drug-likeness (QED) is 0.207. The molecule has 0 aliphatic carbocycles. The van der Waals surface area contributed by atoms with Crippen LogP contribution in [0.25, 0.3) is 0 Å². The molecule has 1 amide bonds. The summed E-state index contributed by atoms with van der Waals surface area (Å²) >= 11 is 0. The molecule has 3 aromatic rings. The Bertz CT molecular complexity index is 1310. The zero-order valence-corrected chi connectivity index (χ0v) is 19.8. The summed E-state index contributed by atoms with van der Waals surface area (Å²) in [5.41, 5.74) is 1.80. The smallest absolute Gasteiger partial charge is 0.293 e. The van der Waals surface area contributed by atoms with Crippen LogP contribution in [-0.4, -0.2) is 30.8 Å². The molecule has 0 saturated carbocycles. The number of nitrogens with zero attached hydrogens (tertiary/aromatic N) is 2. The van der Waals surface area contributed by atoms with Crippen molar-refractivity contribution in [2.24, 2.45) is 0 Å². The Balaban J connectivity index is 1.71. The van der Waals surface area contributed by atoms with E-state index in [0.29, 0.717) is 11.3 Å². The molecule has 1 aromatic heterocycles. The molecule has 182 valence electrons. The second kappa shape index (κ2) is 11.4. The lowest BCUT2D eigenvalue weighted by Gasteiger charge is -2.15. The second-order valence-electron chi connectivity index (χ2n) is 7.66. The first kappa shape index (κ1) is 25.5. The Morgan fingerprint density at radius 2 is 1.91 bits per heavy atom. The van der Waals surface area contributed by atoms with E-state index in [0.717, 1.165) is 5.69 Å². The van der Waals surface area contributed by atoms with Crippen LogP contribution in [0.1, 0.15) is 34.6 Å². The fourth-order valence-electron chi connectivity index (χ4n) is 3.23. The van der Waals surface area contributed by atoms with Crippen molar-refractivity contribution in [3.05, 3.63) is 106 Å². The number of pyridine rings is 1. The lowest BCUT2D eigenvalue weighted by Crippen LogP contribution is -2.25. The standard InChI is InChI=1S/C24H25N5O5S/c1-3-13-26-35(33,34)16-18-7-10-20(11-8-18)28-24(30)19-9-12-22(23(15-19)29(31)32)27-17(2)21-6-4-5-14-25-21/h3-12,14-15,17,26-27H,1,13,16H2,2H3,(H,28,30). The van der Waals surface area contributed by atoms with Gasteiger partial charge in [0.05, 0.1) is 22.4 Å². The number of carbonyl (C=O) groups is 1. The van der Waals surface area contributed by atoms with Gasteiger partial charge >= 0.3 is 0 Å². The zero-order chi connectivity index (χ0) is 25.4. The summed E-state index contributed by atoms with van der Waals surface area (Å²) in [6.45, 7) is 5.44. The third kappa shape index (κ3) is 7.19. The van der Waals surface area contributed by atoms with E-state index in [9.17, 15) is 23.3 Å². The third-order valence-corrected chi connectivity index (χ3v) is 6.30. The average Bonchev–Trinajstić information content (AvgIpc) is 2.84. The van der Waals surface area contributed by atoms with Gasteiger partial charge in [-0.1, -0.05) is 24.3 Å². The average molecular weight is 496 g/mol. The van der Waals surface area contributed by atoms with Crippen LogP contribution in [-0.2, 0) is 15.8 Å². The van der Waals surface area contributed by atoms with Crippen LogP contribution >= 0.6 is 0 Å². The first-order valence-corrected chi connectivity index (χ1v) is 12.3. The summed E-state index contributed by atoms with van der Waals surface area (Å²) in [7, 11) is -3.50. The first-order chi connectivity index (χ1) is 16.7. The van der Waals surface area contributed by atoms with E-state index in [2.05, 4.69) is 26.9 Å². The van der Waals surface area contributed by atoms with Crippen LogP contribution in [0.15, 0.2) is 79.5 Å². The maximum Gasteiger partial charge on any atom is 0.293 e. The van der Waals surface area contributed by atoms with E-state index in [4.69, 9.17) is 0 Å². The van der Waals surface area contributed by atoms with Gasteiger partial charge in [-0.2, -0.15) is 0 Å². The van der Waals surface area contributed by atoms with Gasteiger partial charge in [0, 0.05) is 30.1 Å². The second-order valence-corrected chi connectivity index (χ2v) is 9.46. The van der Waals surface area contributed by atoms with Crippen LogP contribution in [0.2, 0.25) is 0 Å². The number of nitrogens with one attached hydrogen (secondary N) is 3. The molecule has 3 rings (SSSR count). The minimum Gasteiger partial charge on any atom is -0.371 e. The van der Waals surface area contributed by atoms with Crippen molar-refractivity contribution >= 4 is 33.0 Å². The minimum absolute atomic E-state index is 0.105. The van der Waals surface area contributed by atoms with Crippen molar-refractivity contribution in [1.82, 2.24) is 9.71 Å². The van der Waals surface area contributed by atoms with E-state index in [1.165, 1.54) is 24.3 Å². The number of anilines is 2. The van der Waals surface area contributed by atoms with E-state index < -0.39 is 20.9 Å². The Labute approximate surface area is 203 Å². The van der Waals surface area contributed by atoms with Gasteiger partial charge in [0.25, 0.3) is 11.6 Å². The van der Waals surface area contributed by atoms with Gasteiger partial charge in [-0.15, -0.1) is 6.58 Å². The van der Waals surface area contributed by atoms with Gasteiger partial charge in [0.1, 0.15) is 5.69 Å². The van der Waals surface area contributed by atoms with Gasteiger partial charge in [-0.25, -0.2) is 13.1 Å². The molecule has 35 heavy (non-hydrogen) atoms. The highest BCUT2D eigenvalue weighted by Gasteiger charge is 2.20. The molecule has 0 aliphatic rings. The maximum atomic E-state index is 12.7. The van der Waals surface area contributed by atoms with Gasteiger partial charge in [-0.3, -0.25) is 19.9 Å². The number of benzene rings is 2. The normalized spacial score (nSPS) is 11.9. The lowest BCUT2D eigenvalue weighted by molar-refractivity contribution is -0.384. The predicted octanol–water partition coefficient (Wildman–Crippen LogP) is 4.02. The highest BCUT2D eigenvalue weighted by Crippen LogP contribution is 2.29. The molecule has 1 atom stereocenters. The Hall–Kier alpha value is -4.09. The molecule has 0 aliphatic heterocycles. The summed E-state index contributed by atoms with van der Waals surface area (Å²) in [6, 6.07) is 15.6. The fraction of sp³-hybridized carbons (Fsp3) is 0.167. The Morgan fingerprint density at radius 1 is 1.17 bits per heavy atom. The summed E-state index contributed by atoms with van der Waals surface area (Å²) in [6.07, 6.45) is 3.09. The summed E-state index contributed by atoms with van der Waals surface area (Å²) in [5, 5.41) is 17.4. The fourth-order valence-corrected chi connectivity index (χ4v) is 4.33. The molecular weight excluding hydrogens is 470 g/mol. The van der Waals surface area contributed by atoms with Gasteiger partial charge in [0.2, 0.25) is 10.0 Å². The van der Waals surface area contributed by atoms with Crippen LogP contribution in [0.5, 0.6) is 0 Å². The number of carbonyl (C=O) groups excluding carboxylic acids is 1. The van der Waals surface area contributed by atoms with Crippen molar-refractivity contribution in [2.45, 2.75) is 18.7 Å². The van der Waals surface area contributed by atoms with Crippen molar-refractivity contribution in [1.29, 1.82) is 0 Å². The number of rotatable bonds is 11. The summed E-state index contributed by atoms with van der Waals surface area (Å²) in [5.74, 6) is -0.752. The zero-order valence-electron chi connectivity index (χ0n) is 19.0. The Morgan fingerprint density at radius 3 is 2.54 bits per heavy atom. The molecule has 1 heterocycles. The van der Waals surface area contributed by atoms with E-state index in [-0.39, 0.29) is 35.3 Å². The van der Waals surface area contributed by atoms with E-state index in [1.807, 2.05) is 19.1 Å². The molecule has 1 unspecified atom stereocenters. The van der Waals surface area contributed by atoms with Gasteiger partial charge < -0.3 is 10.6 Å². The van der Waals surface area contributed by atoms with Crippen molar-refractivity contribution in [3.63, 3.8) is 0 Å². The van der Waals surface area contributed by atoms with Crippen molar-refractivity contribution in [2.75, 3.05) is 17.2 Å². The predicted molar refractivity (Wildman–Crippen MR) is 135 cm³/mol. The van der Waals surface area contributed by atoms with Crippen LogP contribution in [0, 0.1) is 10.1 Å². The SMILES string of the molecule is C=CCNS(=O)(=O)Cc1ccc(NC(=O)c2ccc(NC(C)c3ccccn3)c([N+](=O)[O-])c2)cc1. The molecule has 0 bridgehead atoms. The number of sulfonamides is 1. The number of nitro benzene ring substituents is 1. The number of hydrogen-bond donors (Lipinski definition) is 3. The van der Waals surface area contributed by atoms with Gasteiger partial charge in [-0.05, 0) is 48.9 Å².